The molecule has 70 heavy (non-hydrogen) atoms. The molecule has 10 N–H and O–H groups in total. The van der Waals surface area contributed by atoms with Gasteiger partial charge in [0.15, 0.2) is 11.6 Å². The molecule has 2 aromatic carbocycles. The Kier molecular flexibility index (Phi) is 31.6. The molecule has 5 rings (SSSR count). The third-order valence-corrected chi connectivity index (χ3v) is 13.4. The monoisotopic (exact) mass is 1080 g/mol. The molecule has 6 atom stereocenters. The van der Waals surface area contributed by atoms with Crippen LogP contribution >= 0.6 is 68.0 Å². The number of aromatic nitrogens is 2. The average molecular weight is 1080 g/mol. The number of amides is 2. The molecule has 24 heteroatoms. The number of nitrogens with zero attached hydrogens (tertiary/aromatic N) is 2. The summed E-state index contributed by atoms with van der Waals surface area (Å²) >= 11 is 8.63. The molecule has 3 heterocycles. The van der Waals surface area contributed by atoms with Crippen LogP contribution in [0.5, 0.6) is 0 Å². The van der Waals surface area contributed by atoms with E-state index in [1.165, 1.54) is 10.8 Å². The molecule has 1 saturated heterocycles. The number of carbonyl (C=O) groups is 8. The molecule has 0 saturated carbocycles. The van der Waals surface area contributed by atoms with E-state index in [4.69, 9.17) is 39.0 Å². The Morgan fingerprint density at radius 3 is 1.81 bits per heavy atom. The minimum Gasteiger partial charge on any atom is -0.481 e. The van der Waals surface area contributed by atoms with Crippen LogP contribution in [0.25, 0.3) is 0 Å². The van der Waals surface area contributed by atoms with Crippen molar-refractivity contribution in [2.45, 2.75) is 75.3 Å². The van der Waals surface area contributed by atoms with Crippen LogP contribution in [0.4, 0.5) is 0 Å². The molecule has 1 aliphatic rings. The van der Waals surface area contributed by atoms with Crippen molar-refractivity contribution in [3.8, 4) is 0 Å². The lowest BCUT2D eigenvalue weighted by Crippen LogP contribution is -2.81. The van der Waals surface area contributed by atoms with Crippen molar-refractivity contribution in [2.75, 3.05) is 24.0 Å². The van der Waals surface area contributed by atoms with Crippen molar-refractivity contribution >= 4 is 115 Å². The van der Waals surface area contributed by atoms with Gasteiger partial charge in [-0.05, 0) is 65.1 Å². The fourth-order valence-corrected chi connectivity index (χ4v) is 9.37. The van der Waals surface area contributed by atoms with Crippen LogP contribution < -0.4 is 16.8 Å². The fraction of sp³-hybridized carbons (Fsp3) is 0.348. The molecule has 2 aromatic heterocycles. The summed E-state index contributed by atoms with van der Waals surface area (Å²) < 4.78 is 0.780. The van der Waals surface area contributed by atoms with Gasteiger partial charge in [-0.2, -0.15) is 12.6 Å². The van der Waals surface area contributed by atoms with E-state index in [1.807, 2.05) is 48.9 Å². The zero-order valence-corrected chi connectivity index (χ0v) is 41.6. The number of nitrogens with two attached hydrogens (primary N) is 2. The number of nitrogens with one attached hydrogen (secondary N) is 2. The number of hydrogen-bond acceptors (Lipinski definition) is 17. The summed E-state index contributed by atoms with van der Waals surface area (Å²) in [6, 6.07) is 24.2. The zero-order chi connectivity index (χ0) is 50.8. The molecule has 1 aliphatic heterocycles. The predicted octanol–water partition coefficient (Wildman–Crippen LogP) is 5.83. The van der Waals surface area contributed by atoms with Crippen LogP contribution in [0.1, 0.15) is 38.8 Å². The lowest BCUT2D eigenvalue weighted by atomic mass is 9.75. The van der Waals surface area contributed by atoms with Crippen molar-refractivity contribution in [1.29, 1.82) is 0 Å². The van der Waals surface area contributed by atoms with E-state index >= 15 is 0 Å². The first-order valence-corrected chi connectivity index (χ1v) is 26.4. The van der Waals surface area contributed by atoms with Gasteiger partial charge in [-0.25, -0.2) is 9.78 Å². The van der Waals surface area contributed by atoms with Gasteiger partial charge in [-0.1, -0.05) is 132 Å². The van der Waals surface area contributed by atoms with Gasteiger partial charge >= 0.3 is 23.9 Å². The standard InChI is InChI=1S/C17H20N2O6S2.C16H20N2O6S.C6H7NS2.C5H5NS.2CH4/c1-26-27-9-17(16(24)25)14(22)12(7-10-5-3-2-4-6-10)19(17)15(23)11(18)8-13(20)21;17-11(7-13(19)20)15(22)18-12(6-9-4-2-1-3-5-9)14(21)10(8-25)16(23)24;1-8-9-6-4-2-3-5-7-6;7-5-3-1-2-4-6-5;;/h2-6,11-12H,7-9,18H2,1H3,(H,20,21)(H,24,25);1-5,10-12,25H,6-8,17H2,(H,18,22)(H,19,20)(H,23,24);2-5H,1H3;1-4H,(H,6,7);2*1H4/t11-,12-,17?;10?,11-,12-;;;;/m00..../s1. The van der Waals surface area contributed by atoms with E-state index in [9.17, 15) is 43.5 Å². The maximum absolute atomic E-state index is 12.8. The number of H-pyrrole nitrogens is 1. The SMILES string of the molecule is C.C.CSSCC1(C(=O)O)C(=O)[C@H](Cc2ccccc2)N1C(=O)[C@@H](N)CC(=O)O.CSSc1ccccn1.N[C@@H](CC(=O)O)C(=O)N[C@@H](Cc1ccccc1)C(=O)C(CS)C(=O)O.S=c1cccc[nH]1. The van der Waals surface area contributed by atoms with Crippen LogP contribution in [-0.4, -0.2) is 136 Å². The molecule has 2 unspecified atom stereocenters. The number of rotatable bonds is 21. The number of thiol groups is 1. The first kappa shape index (κ1) is 64.8. The molecular formula is C46H60N6O12S6. The summed E-state index contributed by atoms with van der Waals surface area (Å²) in [7, 11) is 5.80. The summed E-state index contributed by atoms with van der Waals surface area (Å²) in [5, 5.41) is 39.9. The number of benzene rings is 2. The summed E-state index contributed by atoms with van der Waals surface area (Å²) in [4.78, 5) is 103. The quantitative estimate of drug-likeness (QED) is 0.0205. The molecule has 2 amide bonds. The molecule has 0 bridgehead atoms. The summed E-state index contributed by atoms with van der Waals surface area (Å²) in [5.41, 5.74) is 10.6. The lowest BCUT2D eigenvalue weighted by Gasteiger charge is -2.54. The second-order valence-electron chi connectivity index (χ2n) is 14.2. The Balaban J connectivity index is 0.00000101. The van der Waals surface area contributed by atoms with Crippen molar-refractivity contribution in [3.63, 3.8) is 0 Å². The maximum Gasteiger partial charge on any atom is 0.338 e. The second-order valence-corrected chi connectivity index (χ2v) is 19.9. The second kappa shape index (κ2) is 34.2. The van der Waals surface area contributed by atoms with Gasteiger partial charge in [0.25, 0.3) is 0 Å². The Morgan fingerprint density at radius 2 is 1.37 bits per heavy atom. The number of pyridine rings is 2. The van der Waals surface area contributed by atoms with Crippen molar-refractivity contribution in [2.24, 2.45) is 17.4 Å². The van der Waals surface area contributed by atoms with Gasteiger partial charge in [0, 0.05) is 30.3 Å². The zero-order valence-electron chi connectivity index (χ0n) is 36.6. The largest absolute Gasteiger partial charge is 0.481 e. The van der Waals surface area contributed by atoms with Crippen LogP contribution in [0, 0.1) is 10.6 Å². The van der Waals surface area contributed by atoms with Gasteiger partial charge in [-0.3, -0.25) is 33.6 Å². The van der Waals surface area contributed by atoms with Gasteiger partial charge in [0.1, 0.15) is 15.6 Å². The molecule has 1 fully saturated rings. The van der Waals surface area contributed by atoms with E-state index in [0.717, 1.165) is 30.9 Å². The Morgan fingerprint density at radius 1 is 0.814 bits per heavy atom. The molecular weight excluding hydrogens is 1020 g/mol. The highest BCUT2D eigenvalue weighted by molar-refractivity contribution is 8.76. The fourth-order valence-electron chi connectivity index (χ4n) is 6.11. The Hall–Kier alpha value is -5.21. The van der Waals surface area contributed by atoms with Crippen molar-refractivity contribution in [1.82, 2.24) is 20.2 Å². The van der Waals surface area contributed by atoms with E-state index < -0.39 is 95.7 Å². The average Bonchev–Trinajstić information content (AvgIpc) is 3.30. The highest BCUT2D eigenvalue weighted by Crippen LogP contribution is 2.41. The molecule has 18 nitrogen and oxygen atoms in total. The Labute approximate surface area is 433 Å². The highest BCUT2D eigenvalue weighted by atomic mass is 33.1. The van der Waals surface area contributed by atoms with Crippen molar-refractivity contribution in [3.05, 3.63) is 125 Å². The Bertz CT molecular complexity index is 2320. The number of likely N-dealkylation sites (tertiary alicyclic amines) is 1. The minimum absolute atomic E-state index is 0. The smallest absolute Gasteiger partial charge is 0.338 e. The molecule has 0 aliphatic carbocycles. The first-order valence-electron chi connectivity index (χ1n) is 20.1. The number of hydrogen-bond donors (Lipinski definition) is 9. The number of ketones is 2. The van der Waals surface area contributed by atoms with Gasteiger partial charge in [0.05, 0.1) is 37.0 Å². The van der Waals surface area contributed by atoms with Crippen LogP contribution in [0.2, 0.25) is 0 Å². The number of aromatic amines is 1. The molecule has 0 radical (unpaired) electrons. The number of carboxylic acid groups (broad SMARTS) is 4. The third kappa shape index (κ3) is 21.0. The maximum atomic E-state index is 12.8. The molecule has 0 spiro atoms. The van der Waals surface area contributed by atoms with Crippen LogP contribution in [0.3, 0.4) is 0 Å². The van der Waals surface area contributed by atoms with Gasteiger partial charge in [0.2, 0.25) is 17.4 Å². The van der Waals surface area contributed by atoms with E-state index in [1.54, 1.807) is 94.7 Å². The lowest BCUT2D eigenvalue weighted by molar-refractivity contribution is -0.183. The number of Topliss-reactive ketones (excluding diaryl/α,β-unsaturated/α-hetero) is 2. The third-order valence-electron chi connectivity index (χ3n) is 9.38. The van der Waals surface area contributed by atoms with E-state index in [-0.39, 0.29) is 39.2 Å². The topological polar surface area (TPSA) is 313 Å². The number of carboxylic acids is 4. The predicted molar refractivity (Wildman–Crippen MR) is 283 cm³/mol. The number of carbonyl (C=O) groups excluding carboxylic acids is 4. The minimum atomic E-state index is -2.03. The van der Waals surface area contributed by atoms with Gasteiger partial charge in [-0.15, -0.1) is 0 Å². The number of aliphatic carboxylic acids is 4. The van der Waals surface area contributed by atoms with E-state index in [2.05, 4.69) is 27.9 Å². The summed E-state index contributed by atoms with van der Waals surface area (Å²) in [6.45, 7) is 0. The summed E-state index contributed by atoms with van der Waals surface area (Å²) in [5.74, 6) is -10.0. The highest BCUT2D eigenvalue weighted by Gasteiger charge is 2.67. The van der Waals surface area contributed by atoms with E-state index in [0.29, 0.717) is 5.56 Å². The molecule has 382 valence electrons. The van der Waals surface area contributed by atoms with Crippen LogP contribution in [-0.2, 0) is 51.2 Å². The normalized spacial score (nSPS) is 15.9. The first-order chi connectivity index (χ1) is 32.3. The van der Waals surface area contributed by atoms with Crippen LogP contribution in [0.15, 0.2) is 114 Å². The van der Waals surface area contributed by atoms with Crippen molar-refractivity contribution < 1.29 is 58.8 Å². The molecule has 4 aromatic rings. The van der Waals surface area contributed by atoms with Gasteiger partial charge < -0.3 is 47.1 Å². The summed E-state index contributed by atoms with van der Waals surface area (Å²) in [6.07, 6.45) is 6.33.